The van der Waals surface area contributed by atoms with E-state index >= 15 is 0 Å². The zero-order valence-corrected chi connectivity index (χ0v) is 15.7. The van der Waals surface area contributed by atoms with Crippen LogP contribution < -0.4 is 14.8 Å². The monoisotopic (exact) mass is 383 g/mol. The lowest BCUT2D eigenvalue weighted by molar-refractivity contribution is -0.116. The number of amides is 1. The molecule has 6 nitrogen and oxygen atoms in total. The fourth-order valence-electron chi connectivity index (χ4n) is 3.46. The van der Waals surface area contributed by atoms with Gasteiger partial charge in [-0.1, -0.05) is 23.7 Å². The maximum atomic E-state index is 12.5. The fraction of sp³-hybridized carbons (Fsp3) is 0.200. The van der Waals surface area contributed by atoms with E-state index in [0.29, 0.717) is 28.8 Å². The summed E-state index contributed by atoms with van der Waals surface area (Å²) in [4.78, 5) is 12.5. The Morgan fingerprint density at radius 2 is 1.89 bits per heavy atom. The molecular formula is C20H18ClN3O3. The van der Waals surface area contributed by atoms with Crippen LogP contribution in [0, 0.1) is 0 Å². The van der Waals surface area contributed by atoms with Crippen molar-refractivity contribution in [2.45, 2.75) is 12.3 Å². The van der Waals surface area contributed by atoms with E-state index in [9.17, 15) is 4.79 Å². The van der Waals surface area contributed by atoms with E-state index in [2.05, 4.69) is 10.4 Å². The van der Waals surface area contributed by atoms with Crippen LogP contribution in [0.3, 0.4) is 0 Å². The molecule has 7 heteroatoms. The summed E-state index contributed by atoms with van der Waals surface area (Å²) in [5.74, 6) is 1.66. The molecule has 1 N–H and O–H groups in total. The number of nitrogens with zero attached hydrogens (tertiary/aromatic N) is 2. The van der Waals surface area contributed by atoms with E-state index in [0.717, 1.165) is 16.8 Å². The van der Waals surface area contributed by atoms with Crippen molar-refractivity contribution in [1.29, 1.82) is 0 Å². The molecule has 0 aliphatic carbocycles. The Balaban J connectivity index is 1.84. The molecule has 0 saturated heterocycles. The minimum Gasteiger partial charge on any atom is -0.493 e. The summed E-state index contributed by atoms with van der Waals surface area (Å²) in [6.07, 6.45) is 2.09. The van der Waals surface area contributed by atoms with Crippen LogP contribution in [0.5, 0.6) is 11.5 Å². The van der Waals surface area contributed by atoms with Crippen molar-refractivity contribution in [1.82, 2.24) is 9.78 Å². The fourth-order valence-corrected chi connectivity index (χ4v) is 3.59. The van der Waals surface area contributed by atoms with Gasteiger partial charge in [0, 0.05) is 28.5 Å². The summed E-state index contributed by atoms with van der Waals surface area (Å²) < 4.78 is 12.7. The number of methoxy groups -OCH3 is 2. The van der Waals surface area contributed by atoms with Gasteiger partial charge in [-0.15, -0.1) is 0 Å². The Kier molecular flexibility index (Phi) is 4.49. The van der Waals surface area contributed by atoms with Crippen LogP contribution in [-0.2, 0) is 4.79 Å². The predicted octanol–water partition coefficient (Wildman–Crippen LogP) is 4.02. The average Bonchev–Trinajstić information content (AvgIpc) is 3.11. The van der Waals surface area contributed by atoms with Crippen LogP contribution in [-0.4, -0.2) is 29.9 Å². The van der Waals surface area contributed by atoms with Crippen molar-refractivity contribution in [3.05, 3.63) is 64.8 Å². The van der Waals surface area contributed by atoms with Gasteiger partial charge in [0.1, 0.15) is 5.82 Å². The maximum Gasteiger partial charge on any atom is 0.226 e. The summed E-state index contributed by atoms with van der Waals surface area (Å²) in [6.45, 7) is 0. The molecule has 1 aromatic heterocycles. The van der Waals surface area contributed by atoms with Crippen LogP contribution in [0.2, 0.25) is 5.02 Å². The number of fused-ring (bicyclic) bond motifs is 1. The number of aromatic nitrogens is 2. The largest absolute Gasteiger partial charge is 0.493 e. The maximum absolute atomic E-state index is 12.5. The Morgan fingerprint density at radius 1 is 1.11 bits per heavy atom. The molecule has 0 spiro atoms. The number of anilines is 1. The third kappa shape index (κ3) is 3.02. The number of halogens is 1. The van der Waals surface area contributed by atoms with Crippen molar-refractivity contribution >= 4 is 23.3 Å². The second-order valence-corrected chi connectivity index (χ2v) is 6.66. The van der Waals surface area contributed by atoms with Gasteiger partial charge in [-0.05, 0) is 30.3 Å². The van der Waals surface area contributed by atoms with Crippen molar-refractivity contribution in [3.63, 3.8) is 0 Å². The van der Waals surface area contributed by atoms with Crippen LogP contribution in [0.25, 0.3) is 5.69 Å². The first-order valence-electron chi connectivity index (χ1n) is 8.47. The number of hydrogen-bond donors (Lipinski definition) is 1. The highest BCUT2D eigenvalue weighted by atomic mass is 35.5. The van der Waals surface area contributed by atoms with Gasteiger partial charge in [0.05, 0.1) is 26.1 Å². The lowest BCUT2D eigenvalue weighted by Gasteiger charge is -2.25. The molecule has 0 radical (unpaired) electrons. The average molecular weight is 384 g/mol. The smallest absolute Gasteiger partial charge is 0.226 e. The van der Waals surface area contributed by atoms with Crippen LogP contribution in [0.15, 0.2) is 48.7 Å². The normalized spacial score (nSPS) is 15.8. The second-order valence-electron chi connectivity index (χ2n) is 6.22. The van der Waals surface area contributed by atoms with Crippen molar-refractivity contribution < 1.29 is 14.3 Å². The quantitative estimate of drug-likeness (QED) is 0.739. The molecule has 1 amide bonds. The molecule has 1 aliphatic heterocycles. The SMILES string of the molecule is COc1cccc(C2CC(=O)Nc3c2cnn3-c2ccc(Cl)cc2)c1OC. The molecule has 2 aromatic carbocycles. The van der Waals surface area contributed by atoms with Gasteiger partial charge in [-0.25, -0.2) is 4.68 Å². The van der Waals surface area contributed by atoms with E-state index in [1.54, 1.807) is 37.2 Å². The molecule has 0 fully saturated rings. The van der Waals surface area contributed by atoms with Crippen LogP contribution in [0.1, 0.15) is 23.5 Å². The van der Waals surface area contributed by atoms with E-state index in [-0.39, 0.29) is 11.8 Å². The number of benzene rings is 2. The Bertz CT molecular complexity index is 998. The third-order valence-electron chi connectivity index (χ3n) is 4.70. The Hall–Kier alpha value is -2.99. The molecular weight excluding hydrogens is 366 g/mol. The molecule has 4 rings (SSSR count). The van der Waals surface area contributed by atoms with Gasteiger partial charge < -0.3 is 14.8 Å². The van der Waals surface area contributed by atoms with Gasteiger partial charge in [0.15, 0.2) is 11.5 Å². The van der Waals surface area contributed by atoms with E-state index in [1.807, 2.05) is 30.3 Å². The molecule has 1 unspecified atom stereocenters. The number of nitrogens with one attached hydrogen (secondary N) is 1. The van der Waals surface area contributed by atoms with E-state index in [1.165, 1.54) is 0 Å². The summed E-state index contributed by atoms with van der Waals surface area (Å²) in [6, 6.07) is 13.0. The van der Waals surface area contributed by atoms with Crippen LogP contribution >= 0.6 is 11.6 Å². The number of carbonyl (C=O) groups excluding carboxylic acids is 1. The summed E-state index contributed by atoms with van der Waals surface area (Å²) in [7, 11) is 3.20. The third-order valence-corrected chi connectivity index (χ3v) is 4.95. The minimum absolute atomic E-state index is 0.0758. The van der Waals surface area contributed by atoms with Crippen molar-refractivity contribution in [2.24, 2.45) is 0 Å². The van der Waals surface area contributed by atoms with Crippen molar-refractivity contribution in [2.75, 3.05) is 19.5 Å². The predicted molar refractivity (Wildman–Crippen MR) is 103 cm³/mol. The number of para-hydroxylation sites is 1. The second kappa shape index (κ2) is 6.96. The number of carbonyl (C=O) groups is 1. The number of hydrogen-bond acceptors (Lipinski definition) is 4. The first-order valence-corrected chi connectivity index (χ1v) is 8.84. The number of ether oxygens (including phenoxy) is 2. The summed E-state index contributed by atoms with van der Waals surface area (Å²) >= 11 is 5.98. The lowest BCUT2D eigenvalue weighted by Crippen LogP contribution is -2.24. The molecule has 2 heterocycles. The van der Waals surface area contributed by atoms with Gasteiger partial charge >= 0.3 is 0 Å². The molecule has 27 heavy (non-hydrogen) atoms. The van der Waals surface area contributed by atoms with Crippen LogP contribution in [0.4, 0.5) is 5.82 Å². The Morgan fingerprint density at radius 3 is 2.59 bits per heavy atom. The highest BCUT2D eigenvalue weighted by molar-refractivity contribution is 6.30. The molecule has 1 atom stereocenters. The molecule has 1 aliphatic rings. The Labute approximate surface area is 161 Å². The van der Waals surface area contributed by atoms with Gasteiger partial charge in [-0.2, -0.15) is 5.10 Å². The number of rotatable bonds is 4. The zero-order valence-electron chi connectivity index (χ0n) is 14.9. The van der Waals surface area contributed by atoms with Gasteiger partial charge in [-0.3, -0.25) is 4.79 Å². The lowest BCUT2D eigenvalue weighted by atomic mass is 9.86. The van der Waals surface area contributed by atoms with E-state index in [4.69, 9.17) is 21.1 Å². The standard InChI is InChI=1S/C20H18ClN3O3/c1-26-17-5-3-4-14(19(17)27-2)15-10-18(25)23-20-16(15)11-22-24(20)13-8-6-12(21)7-9-13/h3-9,11,15H,10H2,1-2H3,(H,23,25). The topological polar surface area (TPSA) is 65.4 Å². The minimum atomic E-state index is -0.181. The first kappa shape index (κ1) is 17.4. The molecule has 0 bridgehead atoms. The summed E-state index contributed by atoms with van der Waals surface area (Å²) in [5, 5.41) is 8.08. The summed E-state index contributed by atoms with van der Waals surface area (Å²) in [5.41, 5.74) is 2.64. The molecule has 0 saturated carbocycles. The first-order chi connectivity index (χ1) is 13.1. The molecule has 138 valence electrons. The van der Waals surface area contributed by atoms with Crippen molar-refractivity contribution in [3.8, 4) is 17.2 Å². The highest BCUT2D eigenvalue weighted by Crippen LogP contribution is 2.44. The van der Waals surface area contributed by atoms with Gasteiger partial charge in [0.25, 0.3) is 0 Å². The highest BCUT2D eigenvalue weighted by Gasteiger charge is 2.32. The van der Waals surface area contributed by atoms with Gasteiger partial charge in [0.2, 0.25) is 5.91 Å². The molecule has 3 aromatic rings. The van der Waals surface area contributed by atoms with E-state index < -0.39 is 0 Å². The zero-order chi connectivity index (χ0) is 19.0.